The van der Waals surface area contributed by atoms with Crippen LogP contribution in [-0.4, -0.2) is 82.2 Å². The summed E-state index contributed by atoms with van der Waals surface area (Å²) in [7, 11) is 3.48. The number of nitrogens with one attached hydrogen (secondary N) is 4. The molecular formula is C34H64N4O8. The second-order valence-corrected chi connectivity index (χ2v) is 11.5. The van der Waals surface area contributed by atoms with Gasteiger partial charge in [-0.1, -0.05) is 91.6 Å². The van der Waals surface area contributed by atoms with E-state index >= 15 is 0 Å². The molecule has 0 bridgehead atoms. The number of carbonyl (C=O) groups excluding carboxylic acids is 5. The van der Waals surface area contributed by atoms with Crippen molar-refractivity contribution >= 4 is 37.8 Å². The third-order valence-corrected chi connectivity index (χ3v) is 5.44. The molecule has 12 heteroatoms. The molecule has 268 valence electrons. The summed E-state index contributed by atoms with van der Waals surface area (Å²) in [4.78, 5) is 58.9. The summed E-state index contributed by atoms with van der Waals surface area (Å²) in [6.45, 7) is 19.7. The van der Waals surface area contributed by atoms with Crippen molar-refractivity contribution in [2.24, 2.45) is 11.3 Å². The van der Waals surface area contributed by atoms with E-state index in [1.165, 1.54) is 18.4 Å². The maximum atomic E-state index is 12.1. The molecule has 0 saturated carbocycles. The fourth-order valence-electron chi connectivity index (χ4n) is 3.20. The van der Waals surface area contributed by atoms with E-state index in [0.717, 1.165) is 19.3 Å². The van der Waals surface area contributed by atoms with E-state index in [1.54, 1.807) is 14.2 Å². The molecule has 0 aliphatic carbocycles. The Hall–Kier alpha value is -3.64. The molecule has 5 N–H and O–H groups in total. The van der Waals surface area contributed by atoms with E-state index in [0.29, 0.717) is 25.2 Å². The lowest BCUT2D eigenvalue weighted by molar-refractivity contribution is -0.127. The zero-order chi connectivity index (χ0) is 36.8. The fraction of sp³-hybridized carbons (Fsp3) is 0.647. The Morgan fingerprint density at radius 3 is 1.87 bits per heavy atom. The second-order valence-electron chi connectivity index (χ2n) is 11.5. The molecule has 0 aliphatic heterocycles. The average molecular weight is 657 g/mol. The second kappa shape index (κ2) is 39.4. The van der Waals surface area contributed by atoms with Crippen molar-refractivity contribution in [3.63, 3.8) is 0 Å². The van der Waals surface area contributed by atoms with E-state index in [9.17, 15) is 19.2 Å². The summed E-state index contributed by atoms with van der Waals surface area (Å²) >= 11 is 0. The monoisotopic (exact) mass is 656 g/mol. The summed E-state index contributed by atoms with van der Waals surface area (Å²) in [5.41, 5.74) is 1.42. The van der Waals surface area contributed by atoms with Gasteiger partial charge in [0.25, 0.3) is 6.47 Å². The van der Waals surface area contributed by atoms with Gasteiger partial charge in [0.1, 0.15) is 13.1 Å². The van der Waals surface area contributed by atoms with E-state index in [4.69, 9.17) is 19.4 Å². The van der Waals surface area contributed by atoms with Gasteiger partial charge in [-0.15, -0.1) is 0 Å². The van der Waals surface area contributed by atoms with Crippen molar-refractivity contribution in [3.05, 3.63) is 35.9 Å². The van der Waals surface area contributed by atoms with Gasteiger partial charge < -0.3 is 40.7 Å². The maximum Gasteiger partial charge on any atom is 0.290 e. The van der Waals surface area contributed by atoms with Gasteiger partial charge in [-0.3, -0.25) is 19.2 Å². The van der Waals surface area contributed by atoms with Crippen LogP contribution in [-0.2, 0) is 40.1 Å². The molecule has 2 atom stereocenters. The molecule has 0 radical (unpaired) electrons. The van der Waals surface area contributed by atoms with Gasteiger partial charge in [0.05, 0.1) is 25.7 Å². The Bertz CT molecular complexity index is 824. The van der Waals surface area contributed by atoms with E-state index in [2.05, 4.69) is 69.7 Å². The van der Waals surface area contributed by atoms with Crippen LogP contribution in [0.15, 0.2) is 30.3 Å². The lowest BCUT2D eigenvalue weighted by Gasteiger charge is -2.22. The van der Waals surface area contributed by atoms with Crippen LogP contribution in [0.3, 0.4) is 0 Å². The average Bonchev–Trinajstić information content (AvgIpc) is 3.01. The number of methoxy groups -OCH3 is 1. The third kappa shape index (κ3) is 47.3. The zero-order valence-electron chi connectivity index (χ0n) is 30.0. The normalized spacial score (nSPS) is 10.7. The molecule has 2 unspecified atom stereocenters. The Kier molecular flexibility index (Phi) is 44.4. The van der Waals surface area contributed by atoms with Crippen LogP contribution in [0.5, 0.6) is 0 Å². The van der Waals surface area contributed by atoms with Crippen molar-refractivity contribution in [1.82, 2.24) is 21.3 Å². The minimum absolute atomic E-state index is 0.0367. The minimum atomic E-state index is -0.250. The highest BCUT2D eigenvalue weighted by atomic mass is 16.5. The summed E-state index contributed by atoms with van der Waals surface area (Å²) in [6, 6.07) is 9.99. The summed E-state index contributed by atoms with van der Waals surface area (Å²) < 4.78 is 4.93. The van der Waals surface area contributed by atoms with Crippen molar-refractivity contribution in [3.8, 4) is 0 Å². The van der Waals surface area contributed by atoms with Gasteiger partial charge >= 0.3 is 0 Å². The number of benzene rings is 1. The van der Waals surface area contributed by atoms with E-state index in [-0.39, 0.29) is 48.9 Å². The first-order chi connectivity index (χ1) is 21.7. The van der Waals surface area contributed by atoms with Gasteiger partial charge in [-0.05, 0) is 50.1 Å². The molecule has 1 aromatic rings. The summed E-state index contributed by atoms with van der Waals surface area (Å²) in [5.74, 6) is 0.293. The molecule has 0 saturated heterocycles. The molecule has 0 heterocycles. The van der Waals surface area contributed by atoms with E-state index in [1.807, 2.05) is 44.0 Å². The number of likely N-dealkylation sites (N-methyl/N-ethyl adjacent to an activating group) is 1. The first-order valence-corrected chi connectivity index (χ1v) is 15.5. The predicted molar refractivity (Wildman–Crippen MR) is 185 cm³/mol. The van der Waals surface area contributed by atoms with Crippen molar-refractivity contribution < 1.29 is 38.6 Å². The smallest absolute Gasteiger partial charge is 0.290 e. The largest absolute Gasteiger partial charge is 0.483 e. The topological polar surface area (TPSA) is 180 Å². The number of carboxylic acid groups (broad SMARTS) is 1. The number of aldehydes is 1. The Labute approximate surface area is 278 Å². The minimum Gasteiger partial charge on any atom is -0.483 e. The van der Waals surface area contributed by atoms with Crippen LogP contribution in [0.4, 0.5) is 0 Å². The third-order valence-electron chi connectivity index (χ3n) is 5.44. The predicted octanol–water partition coefficient (Wildman–Crippen LogP) is 4.15. The highest BCUT2D eigenvalue weighted by molar-refractivity contribution is 5.87. The van der Waals surface area contributed by atoms with Gasteiger partial charge in [0.2, 0.25) is 18.2 Å². The highest BCUT2D eigenvalue weighted by Gasteiger charge is 2.20. The molecule has 12 nitrogen and oxygen atoms in total. The van der Waals surface area contributed by atoms with Gasteiger partial charge in [0, 0.05) is 13.2 Å². The van der Waals surface area contributed by atoms with Crippen LogP contribution >= 0.6 is 0 Å². The molecule has 1 rings (SSSR count). The van der Waals surface area contributed by atoms with Crippen LogP contribution < -0.4 is 21.3 Å². The quantitative estimate of drug-likeness (QED) is 0.137. The number of carbonyl (C=O) groups is 6. The Morgan fingerprint density at radius 1 is 1.00 bits per heavy atom. The van der Waals surface area contributed by atoms with Crippen molar-refractivity contribution in [2.45, 2.75) is 106 Å². The molecule has 46 heavy (non-hydrogen) atoms. The number of rotatable bonds is 15. The number of hydrogen-bond donors (Lipinski definition) is 5. The Balaban J connectivity index is -0.000000189. The molecule has 0 aliphatic rings. The maximum absolute atomic E-state index is 12.1. The molecule has 1 aromatic carbocycles. The van der Waals surface area contributed by atoms with Crippen molar-refractivity contribution in [1.29, 1.82) is 0 Å². The zero-order valence-corrected chi connectivity index (χ0v) is 30.0. The highest BCUT2D eigenvalue weighted by Crippen LogP contribution is 2.21. The van der Waals surface area contributed by atoms with E-state index < -0.39 is 0 Å². The molecular weight excluding hydrogens is 592 g/mol. The Morgan fingerprint density at radius 2 is 1.52 bits per heavy atom. The van der Waals surface area contributed by atoms with Gasteiger partial charge in [0.15, 0.2) is 0 Å². The van der Waals surface area contributed by atoms with Crippen LogP contribution in [0.1, 0.15) is 93.1 Å². The lowest BCUT2D eigenvalue weighted by Crippen LogP contribution is -2.47. The molecule has 0 aromatic heterocycles. The lowest BCUT2D eigenvalue weighted by atomic mass is 9.88. The first kappa shape index (κ1) is 51.9. The number of hydrogen-bond acceptors (Lipinski definition) is 8. The van der Waals surface area contributed by atoms with Crippen LogP contribution in [0.2, 0.25) is 0 Å². The SMILES string of the molecule is C=O.CCCC.CNC(CCC(C)(C)C)C(=O)NCC(=O)NC(C)CC(C)C.COCc1ccccc1.O=CCNC=O.O=CO. The molecule has 3 amide bonds. The first-order valence-electron chi connectivity index (χ1n) is 15.5. The number of ether oxygens (including phenoxy) is 1. The van der Waals surface area contributed by atoms with Gasteiger partial charge in [-0.25, -0.2) is 0 Å². The molecule has 0 spiro atoms. The summed E-state index contributed by atoms with van der Waals surface area (Å²) in [5, 5.41) is 17.7. The van der Waals surface area contributed by atoms with Crippen LogP contribution in [0, 0.1) is 11.3 Å². The number of unbranched alkanes of at least 4 members (excludes halogenated alkanes) is 1. The van der Waals surface area contributed by atoms with Crippen LogP contribution in [0.25, 0.3) is 0 Å². The fourth-order valence-corrected chi connectivity index (χ4v) is 3.20. The number of amides is 3. The van der Waals surface area contributed by atoms with Crippen molar-refractivity contribution in [2.75, 3.05) is 27.2 Å². The standard InChI is InChI=1S/C17H35N3O2.C8H10O.C4H10.C3H5NO2.CH2O2.CH2O/c1-12(2)10-13(3)20-15(21)11-19-16(22)14(18-7)8-9-17(4,5)6;1-9-7-8-5-3-2-4-6-8;1-3-4-2;5-2-1-4-3-6;2-1-3;1-2/h12-14,18H,8-11H2,1-7H3,(H,19,22)(H,20,21);2-6H,7H2,1H3;3-4H2,1-2H3;2-3H,1H2,(H,4,6);1H,(H,2,3);1H2. The van der Waals surface area contributed by atoms with Gasteiger partial charge in [-0.2, -0.15) is 0 Å². The summed E-state index contributed by atoms with van der Waals surface area (Å²) in [6.07, 6.45) is 6.38. The molecule has 0 fully saturated rings.